The normalized spacial score (nSPS) is 12.7. The maximum absolute atomic E-state index is 5.83. The third kappa shape index (κ3) is 2.68. The molecule has 14 heavy (non-hydrogen) atoms. The molecule has 5 N–H and O–H groups in total. The monoisotopic (exact) mass is 194 g/mol. The van der Waals surface area contributed by atoms with Gasteiger partial charge in [0.25, 0.3) is 0 Å². The average molecular weight is 194 g/mol. The van der Waals surface area contributed by atoms with Crippen LogP contribution in [-0.2, 0) is 0 Å². The van der Waals surface area contributed by atoms with Crippen LogP contribution in [0.5, 0.6) is 0 Å². The zero-order chi connectivity index (χ0) is 10.4. The molecule has 0 saturated heterocycles. The Morgan fingerprint density at radius 1 is 1.57 bits per heavy atom. The van der Waals surface area contributed by atoms with E-state index in [1.165, 1.54) is 0 Å². The second-order valence-electron chi connectivity index (χ2n) is 3.37. The number of nitrogens with zero attached hydrogens (tertiary/aromatic N) is 1. The third-order valence-corrected chi connectivity index (χ3v) is 2.31. The number of aromatic nitrogens is 1. The Labute approximate surface area is 84.7 Å². The van der Waals surface area contributed by atoms with Crippen molar-refractivity contribution in [2.45, 2.75) is 32.2 Å². The molecule has 0 spiro atoms. The van der Waals surface area contributed by atoms with E-state index in [0.29, 0.717) is 0 Å². The summed E-state index contributed by atoms with van der Waals surface area (Å²) in [5, 5.41) is 0. The lowest BCUT2D eigenvalue weighted by atomic mass is 10.0. The predicted molar refractivity (Wildman–Crippen MR) is 58.2 cm³/mol. The number of nitrogen functional groups attached to an aromatic ring is 1. The van der Waals surface area contributed by atoms with Gasteiger partial charge in [-0.3, -0.25) is 16.3 Å². The Morgan fingerprint density at radius 2 is 2.36 bits per heavy atom. The van der Waals surface area contributed by atoms with Gasteiger partial charge < -0.3 is 5.73 Å². The van der Waals surface area contributed by atoms with Gasteiger partial charge >= 0.3 is 0 Å². The summed E-state index contributed by atoms with van der Waals surface area (Å²) in [6, 6.07) is 1.91. The van der Waals surface area contributed by atoms with Gasteiger partial charge in [-0.15, -0.1) is 0 Å². The summed E-state index contributed by atoms with van der Waals surface area (Å²) in [6.45, 7) is 2.15. The van der Waals surface area contributed by atoms with E-state index in [1.807, 2.05) is 0 Å². The molecular formula is C10H18N4. The van der Waals surface area contributed by atoms with Crippen LogP contribution in [0.25, 0.3) is 0 Å². The number of hydrogen-bond donors (Lipinski definition) is 3. The summed E-state index contributed by atoms with van der Waals surface area (Å²) < 4.78 is 0. The molecule has 4 nitrogen and oxygen atoms in total. The van der Waals surface area contributed by atoms with E-state index in [0.717, 1.165) is 30.5 Å². The molecule has 0 aromatic carbocycles. The van der Waals surface area contributed by atoms with E-state index in [4.69, 9.17) is 11.6 Å². The molecule has 0 fully saturated rings. The second kappa shape index (κ2) is 5.57. The minimum absolute atomic E-state index is 0.114. The largest absolute Gasteiger partial charge is 0.398 e. The molecular weight excluding hydrogens is 176 g/mol. The zero-order valence-corrected chi connectivity index (χ0v) is 8.53. The van der Waals surface area contributed by atoms with Crippen molar-refractivity contribution in [2.24, 2.45) is 5.84 Å². The molecule has 4 heteroatoms. The molecule has 0 aliphatic heterocycles. The molecule has 1 rings (SSSR count). The maximum atomic E-state index is 5.83. The molecule has 1 unspecified atom stereocenters. The van der Waals surface area contributed by atoms with Crippen molar-refractivity contribution in [1.29, 1.82) is 0 Å². The van der Waals surface area contributed by atoms with E-state index < -0.39 is 0 Å². The smallest absolute Gasteiger partial charge is 0.0495 e. The second-order valence-corrected chi connectivity index (χ2v) is 3.37. The van der Waals surface area contributed by atoms with Crippen molar-refractivity contribution in [2.75, 3.05) is 5.73 Å². The molecule has 0 aliphatic carbocycles. The maximum Gasteiger partial charge on any atom is 0.0495 e. The highest BCUT2D eigenvalue weighted by Crippen LogP contribution is 2.22. The van der Waals surface area contributed by atoms with Crippen LogP contribution in [0.2, 0.25) is 0 Å². The van der Waals surface area contributed by atoms with Crippen LogP contribution in [0.1, 0.15) is 37.8 Å². The highest BCUT2D eigenvalue weighted by Gasteiger charge is 2.11. The molecule has 1 atom stereocenters. The number of anilines is 1. The lowest BCUT2D eigenvalue weighted by Gasteiger charge is -2.16. The summed E-state index contributed by atoms with van der Waals surface area (Å²) >= 11 is 0. The Kier molecular flexibility index (Phi) is 4.35. The number of rotatable bonds is 5. The number of unbranched alkanes of at least 4 members (excludes halogenated alkanes) is 1. The zero-order valence-electron chi connectivity index (χ0n) is 8.53. The van der Waals surface area contributed by atoms with Crippen LogP contribution >= 0.6 is 0 Å². The highest BCUT2D eigenvalue weighted by atomic mass is 15.2. The fourth-order valence-corrected chi connectivity index (χ4v) is 1.45. The lowest BCUT2D eigenvalue weighted by molar-refractivity contribution is 0.495. The fraction of sp³-hybridized carbons (Fsp3) is 0.500. The molecule has 0 radical (unpaired) electrons. The van der Waals surface area contributed by atoms with Crippen molar-refractivity contribution < 1.29 is 0 Å². The molecule has 1 aromatic heterocycles. The molecule has 0 saturated carbocycles. The average Bonchev–Trinajstić information content (AvgIpc) is 2.21. The first-order chi connectivity index (χ1) is 6.79. The first-order valence-corrected chi connectivity index (χ1v) is 4.95. The van der Waals surface area contributed by atoms with Gasteiger partial charge in [0, 0.05) is 29.7 Å². The lowest BCUT2D eigenvalue weighted by Crippen LogP contribution is -2.28. The molecule has 1 aromatic rings. The third-order valence-electron chi connectivity index (χ3n) is 2.31. The van der Waals surface area contributed by atoms with Crippen molar-refractivity contribution in [3.05, 3.63) is 24.0 Å². The topological polar surface area (TPSA) is 77.0 Å². The van der Waals surface area contributed by atoms with Crippen LogP contribution < -0.4 is 17.0 Å². The quantitative estimate of drug-likeness (QED) is 0.488. The minimum Gasteiger partial charge on any atom is -0.398 e. The van der Waals surface area contributed by atoms with E-state index in [1.54, 1.807) is 18.5 Å². The van der Waals surface area contributed by atoms with Crippen molar-refractivity contribution >= 4 is 5.69 Å². The molecule has 78 valence electrons. The van der Waals surface area contributed by atoms with E-state index in [2.05, 4.69) is 17.3 Å². The summed E-state index contributed by atoms with van der Waals surface area (Å²) in [4.78, 5) is 4.05. The fourth-order valence-electron chi connectivity index (χ4n) is 1.45. The standard InChI is InChI=1S/C10H18N4/c1-2-3-4-10(14-12)8-7-13-6-5-9(8)11/h5-7,10,14H,2-4,12H2,1H3,(H2,11,13). The SMILES string of the molecule is CCCCC(NN)c1cnccc1N. The van der Waals surface area contributed by atoms with Gasteiger partial charge in [-0.2, -0.15) is 0 Å². The predicted octanol–water partition coefficient (Wildman–Crippen LogP) is 1.36. The van der Waals surface area contributed by atoms with Gasteiger partial charge in [0.15, 0.2) is 0 Å². The van der Waals surface area contributed by atoms with Crippen LogP contribution in [0.3, 0.4) is 0 Å². The van der Waals surface area contributed by atoms with Crippen molar-refractivity contribution in [3.8, 4) is 0 Å². The number of nitrogens with one attached hydrogen (secondary N) is 1. The highest BCUT2D eigenvalue weighted by molar-refractivity contribution is 5.46. The Balaban J connectivity index is 2.73. The minimum atomic E-state index is 0.114. The van der Waals surface area contributed by atoms with Crippen LogP contribution in [0.15, 0.2) is 18.5 Å². The van der Waals surface area contributed by atoms with Crippen LogP contribution in [-0.4, -0.2) is 4.98 Å². The van der Waals surface area contributed by atoms with Crippen LogP contribution in [0.4, 0.5) is 5.69 Å². The molecule has 0 amide bonds. The van der Waals surface area contributed by atoms with Crippen molar-refractivity contribution in [3.63, 3.8) is 0 Å². The van der Waals surface area contributed by atoms with Gasteiger partial charge in [-0.05, 0) is 12.5 Å². The number of hydrogen-bond acceptors (Lipinski definition) is 4. The van der Waals surface area contributed by atoms with Crippen LogP contribution in [0, 0.1) is 0 Å². The van der Waals surface area contributed by atoms with Gasteiger partial charge in [0.05, 0.1) is 0 Å². The van der Waals surface area contributed by atoms with Gasteiger partial charge in [0.2, 0.25) is 0 Å². The molecule has 1 heterocycles. The number of nitrogens with two attached hydrogens (primary N) is 2. The first kappa shape index (κ1) is 10.9. The summed E-state index contributed by atoms with van der Waals surface area (Å²) in [5.74, 6) is 5.48. The van der Waals surface area contributed by atoms with Gasteiger partial charge in [0.1, 0.15) is 0 Å². The Morgan fingerprint density at radius 3 is 2.93 bits per heavy atom. The Hall–Kier alpha value is -1.13. The van der Waals surface area contributed by atoms with E-state index in [-0.39, 0.29) is 6.04 Å². The molecule has 0 aliphatic rings. The summed E-state index contributed by atoms with van der Waals surface area (Å²) in [7, 11) is 0. The number of pyridine rings is 1. The first-order valence-electron chi connectivity index (χ1n) is 4.95. The molecule has 0 bridgehead atoms. The van der Waals surface area contributed by atoms with Gasteiger partial charge in [-0.1, -0.05) is 19.8 Å². The van der Waals surface area contributed by atoms with Gasteiger partial charge in [-0.25, -0.2) is 0 Å². The number of hydrazine groups is 1. The van der Waals surface area contributed by atoms with E-state index in [9.17, 15) is 0 Å². The summed E-state index contributed by atoms with van der Waals surface area (Å²) in [6.07, 6.45) is 6.73. The Bertz CT molecular complexity index is 275. The van der Waals surface area contributed by atoms with Crippen molar-refractivity contribution in [1.82, 2.24) is 10.4 Å². The summed E-state index contributed by atoms with van der Waals surface area (Å²) in [5.41, 5.74) is 10.3. The van der Waals surface area contributed by atoms with E-state index >= 15 is 0 Å².